The lowest BCUT2D eigenvalue weighted by molar-refractivity contribution is -0.130. The summed E-state index contributed by atoms with van der Waals surface area (Å²) in [4.78, 5) is 10.5. The van der Waals surface area contributed by atoms with Crippen molar-refractivity contribution in [3.05, 3.63) is 36.1 Å². The van der Waals surface area contributed by atoms with Crippen LogP contribution in [0.5, 0.6) is 0 Å². The Kier molecular flexibility index (Phi) is 2.97. The maximum absolute atomic E-state index is 10.5. The van der Waals surface area contributed by atoms with E-state index in [4.69, 9.17) is 8.60 Å². The van der Waals surface area contributed by atoms with Crippen molar-refractivity contribution >= 4 is 29.0 Å². The molecule has 2 aromatic rings. The van der Waals surface area contributed by atoms with Crippen molar-refractivity contribution in [1.29, 1.82) is 0 Å². The van der Waals surface area contributed by atoms with Crippen molar-refractivity contribution in [3.63, 3.8) is 0 Å². The molecule has 0 unspecified atom stereocenters. The largest absolute Gasteiger partial charge is 0.460 e. The fourth-order valence-corrected chi connectivity index (χ4v) is 1.76. The predicted molar refractivity (Wildman–Crippen MR) is 59.3 cm³/mol. The molecule has 0 N–H and O–H groups in total. The predicted octanol–water partition coefficient (Wildman–Crippen LogP) is 3.14. The van der Waals surface area contributed by atoms with Crippen molar-refractivity contribution < 1.29 is 13.4 Å². The molecule has 0 spiro atoms. The quantitative estimate of drug-likeness (QED) is 0.748. The lowest BCUT2D eigenvalue weighted by Gasteiger charge is -1.95. The molecule has 0 radical (unpaired) electrons. The average molecular weight is 222 g/mol. The van der Waals surface area contributed by atoms with Crippen LogP contribution in [0.3, 0.4) is 0 Å². The van der Waals surface area contributed by atoms with Crippen molar-refractivity contribution in [3.8, 4) is 0 Å². The Morgan fingerprint density at radius 2 is 2.27 bits per heavy atom. The fourth-order valence-electron chi connectivity index (χ4n) is 1.28. The zero-order chi connectivity index (χ0) is 10.7. The molecule has 0 aliphatic carbocycles. The summed E-state index contributed by atoms with van der Waals surface area (Å²) in [6, 6.07) is 9.73. The zero-order valence-corrected chi connectivity index (χ0v) is 9.04. The van der Waals surface area contributed by atoms with Crippen LogP contribution in [0.25, 0.3) is 11.0 Å². The molecule has 2 rings (SSSR count). The molecule has 0 saturated carbocycles. The van der Waals surface area contributed by atoms with Gasteiger partial charge >= 0.3 is 5.97 Å². The minimum absolute atomic E-state index is 0.295. The molecule has 1 aromatic carbocycles. The van der Waals surface area contributed by atoms with E-state index in [1.807, 2.05) is 30.3 Å². The molecule has 0 amide bonds. The third kappa shape index (κ3) is 2.53. The first kappa shape index (κ1) is 10.1. The van der Waals surface area contributed by atoms with Crippen LogP contribution in [0.1, 0.15) is 12.7 Å². The molecule has 1 aromatic heterocycles. The number of fused-ring (bicyclic) bond motifs is 1. The topological polar surface area (TPSA) is 39.4 Å². The van der Waals surface area contributed by atoms with Gasteiger partial charge in [-0.2, -0.15) is 0 Å². The normalized spacial score (nSPS) is 10.5. The van der Waals surface area contributed by atoms with Crippen LogP contribution in [-0.2, 0) is 14.7 Å². The molecular formula is C11H10O3S. The van der Waals surface area contributed by atoms with E-state index in [1.54, 1.807) is 0 Å². The minimum Gasteiger partial charge on any atom is -0.460 e. The van der Waals surface area contributed by atoms with Crippen molar-refractivity contribution in [2.24, 2.45) is 0 Å². The first-order valence-corrected chi connectivity index (χ1v) is 5.44. The number of benzene rings is 1. The van der Waals surface area contributed by atoms with Crippen molar-refractivity contribution in [2.75, 3.05) is 0 Å². The molecule has 0 aliphatic heterocycles. The van der Waals surface area contributed by atoms with Gasteiger partial charge in [0.1, 0.15) is 11.3 Å². The summed E-state index contributed by atoms with van der Waals surface area (Å²) < 4.78 is 10.3. The van der Waals surface area contributed by atoms with Gasteiger partial charge in [0.25, 0.3) is 0 Å². The number of furan rings is 1. The summed E-state index contributed by atoms with van der Waals surface area (Å²) >= 11 is 1.09. The van der Waals surface area contributed by atoms with E-state index >= 15 is 0 Å². The van der Waals surface area contributed by atoms with E-state index in [-0.39, 0.29) is 5.97 Å². The third-order valence-corrected chi connectivity index (χ3v) is 2.61. The Balaban J connectivity index is 2.05. The summed E-state index contributed by atoms with van der Waals surface area (Å²) in [5.41, 5.74) is 0.857. The van der Waals surface area contributed by atoms with Gasteiger partial charge in [-0.05, 0) is 12.1 Å². The first-order valence-electron chi connectivity index (χ1n) is 4.53. The smallest absolute Gasteiger partial charge is 0.314 e. The van der Waals surface area contributed by atoms with E-state index in [0.717, 1.165) is 28.8 Å². The zero-order valence-electron chi connectivity index (χ0n) is 8.23. The highest BCUT2D eigenvalue weighted by atomic mass is 32.2. The van der Waals surface area contributed by atoms with E-state index < -0.39 is 0 Å². The highest BCUT2D eigenvalue weighted by Gasteiger charge is 2.04. The van der Waals surface area contributed by atoms with E-state index in [2.05, 4.69) is 0 Å². The average Bonchev–Trinajstić information content (AvgIpc) is 2.59. The van der Waals surface area contributed by atoms with Gasteiger partial charge in [-0.15, -0.1) is 0 Å². The molecule has 1 heterocycles. The second-order valence-electron chi connectivity index (χ2n) is 3.09. The Labute approximate surface area is 91.6 Å². The van der Waals surface area contributed by atoms with Crippen LogP contribution < -0.4 is 0 Å². The highest BCUT2D eigenvalue weighted by molar-refractivity contribution is 7.94. The standard InChI is InChI=1S/C11H10O3S/c1-8(12)14-15-7-10-6-9-4-2-3-5-11(9)13-10/h2-6H,7H2,1H3. The van der Waals surface area contributed by atoms with E-state index in [9.17, 15) is 4.79 Å². The molecule has 0 aliphatic rings. The number of carbonyl (C=O) groups excluding carboxylic acids is 1. The Hall–Kier alpha value is -1.42. The lowest BCUT2D eigenvalue weighted by atomic mass is 10.2. The van der Waals surface area contributed by atoms with Crippen molar-refractivity contribution in [2.45, 2.75) is 12.7 Å². The third-order valence-electron chi connectivity index (χ3n) is 1.85. The van der Waals surface area contributed by atoms with E-state index in [1.165, 1.54) is 6.92 Å². The maximum Gasteiger partial charge on any atom is 0.314 e. The van der Waals surface area contributed by atoms with Gasteiger partial charge in [-0.1, -0.05) is 18.2 Å². The molecule has 15 heavy (non-hydrogen) atoms. The van der Waals surface area contributed by atoms with Gasteiger partial charge in [0.15, 0.2) is 0 Å². The van der Waals surface area contributed by atoms with Crippen LogP contribution >= 0.6 is 12.0 Å². The number of hydrogen-bond acceptors (Lipinski definition) is 4. The van der Waals surface area contributed by atoms with E-state index in [0.29, 0.717) is 5.75 Å². The van der Waals surface area contributed by atoms with Gasteiger partial charge in [0.2, 0.25) is 0 Å². The fraction of sp³-hybridized carbons (Fsp3) is 0.182. The van der Waals surface area contributed by atoms with Gasteiger partial charge < -0.3 is 8.60 Å². The maximum atomic E-state index is 10.5. The molecule has 3 nitrogen and oxygen atoms in total. The van der Waals surface area contributed by atoms with Gasteiger partial charge in [-0.3, -0.25) is 4.79 Å². The summed E-state index contributed by atoms with van der Waals surface area (Å²) in [7, 11) is 0. The van der Waals surface area contributed by atoms with Gasteiger partial charge in [0.05, 0.1) is 17.8 Å². The summed E-state index contributed by atoms with van der Waals surface area (Å²) in [5.74, 6) is 1.05. The molecule has 0 bridgehead atoms. The Morgan fingerprint density at radius 1 is 1.47 bits per heavy atom. The van der Waals surface area contributed by atoms with Crippen LogP contribution in [-0.4, -0.2) is 5.97 Å². The van der Waals surface area contributed by atoms with Crippen LogP contribution in [0.4, 0.5) is 0 Å². The second-order valence-corrected chi connectivity index (χ2v) is 3.78. The molecule has 0 fully saturated rings. The molecular weight excluding hydrogens is 212 g/mol. The number of rotatable bonds is 3. The summed E-state index contributed by atoms with van der Waals surface area (Å²) in [5, 5.41) is 1.07. The molecule has 78 valence electrons. The molecule has 4 heteroatoms. The second kappa shape index (κ2) is 4.40. The molecule has 0 atom stereocenters. The van der Waals surface area contributed by atoms with Gasteiger partial charge in [-0.25, -0.2) is 0 Å². The van der Waals surface area contributed by atoms with Crippen LogP contribution in [0, 0.1) is 0 Å². The summed E-state index contributed by atoms with van der Waals surface area (Å²) in [6.45, 7) is 1.38. The molecule has 0 saturated heterocycles. The monoisotopic (exact) mass is 222 g/mol. The van der Waals surface area contributed by atoms with Crippen LogP contribution in [0.2, 0.25) is 0 Å². The Bertz CT molecular complexity index is 442. The highest BCUT2D eigenvalue weighted by Crippen LogP contribution is 2.22. The number of hydrogen-bond donors (Lipinski definition) is 0. The van der Waals surface area contributed by atoms with Gasteiger partial charge in [0, 0.05) is 12.3 Å². The SMILES string of the molecule is CC(=O)OSCc1cc2ccccc2o1. The number of para-hydroxylation sites is 1. The lowest BCUT2D eigenvalue weighted by Crippen LogP contribution is -1.89. The first-order chi connectivity index (χ1) is 7.25. The van der Waals surface area contributed by atoms with Crippen molar-refractivity contribution in [1.82, 2.24) is 0 Å². The minimum atomic E-state index is -0.295. The van der Waals surface area contributed by atoms with Crippen LogP contribution in [0.15, 0.2) is 34.7 Å². The summed E-state index contributed by atoms with van der Waals surface area (Å²) in [6.07, 6.45) is 0. The Morgan fingerprint density at radius 3 is 3.00 bits per heavy atom. The number of carbonyl (C=O) groups is 1.